The summed E-state index contributed by atoms with van der Waals surface area (Å²) in [6, 6.07) is 19.6. The predicted molar refractivity (Wildman–Crippen MR) is 143 cm³/mol. The van der Waals surface area contributed by atoms with E-state index in [1.807, 2.05) is 37.3 Å². The molecule has 38 heavy (non-hydrogen) atoms. The summed E-state index contributed by atoms with van der Waals surface area (Å²) in [5, 5.41) is 0. The minimum Gasteiger partial charge on any atom is -0.489 e. The van der Waals surface area contributed by atoms with Gasteiger partial charge in [-0.05, 0) is 72.2 Å². The van der Waals surface area contributed by atoms with Gasteiger partial charge < -0.3 is 9.47 Å². The SMILES string of the molecule is CC(=O)OOc1ccc(OCC=C(c2ccc(F)cc2)c2ccc(C#CCN3CCOCC3)cc2)cc1C. The molecule has 1 aliphatic heterocycles. The summed E-state index contributed by atoms with van der Waals surface area (Å²) < 4.78 is 24.9. The van der Waals surface area contributed by atoms with E-state index < -0.39 is 5.97 Å². The number of carbonyl (C=O) groups excluding carboxylic acids is 1. The molecule has 4 rings (SSSR count). The van der Waals surface area contributed by atoms with Gasteiger partial charge in [0.2, 0.25) is 0 Å². The molecule has 0 amide bonds. The number of rotatable bonds is 8. The molecule has 0 aliphatic carbocycles. The van der Waals surface area contributed by atoms with Crippen molar-refractivity contribution in [3.8, 4) is 23.3 Å². The van der Waals surface area contributed by atoms with Crippen LogP contribution >= 0.6 is 0 Å². The Bertz CT molecular complexity index is 1320. The van der Waals surface area contributed by atoms with Gasteiger partial charge in [-0.2, -0.15) is 0 Å². The monoisotopic (exact) mass is 515 g/mol. The van der Waals surface area contributed by atoms with Gasteiger partial charge in [0.15, 0.2) is 5.75 Å². The van der Waals surface area contributed by atoms with Crippen LogP contribution in [0.3, 0.4) is 0 Å². The molecule has 0 atom stereocenters. The van der Waals surface area contributed by atoms with Gasteiger partial charge in [-0.25, -0.2) is 9.18 Å². The van der Waals surface area contributed by atoms with Gasteiger partial charge in [0.1, 0.15) is 18.2 Å². The van der Waals surface area contributed by atoms with Crippen LogP contribution < -0.4 is 9.62 Å². The number of hydrogen-bond acceptors (Lipinski definition) is 6. The maximum absolute atomic E-state index is 13.6. The largest absolute Gasteiger partial charge is 0.489 e. The number of ether oxygens (including phenoxy) is 2. The minimum absolute atomic E-state index is 0.289. The van der Waals surface area contributed by atoms with Crippen LogP contribution in [0.15, 0.2) is 72.8 Å². The van der Waals surface area contributed by atoms with Gasteiger partial charge in [0.05, 0.1) is 19.8 Å². The first-order valence-electron chi connectivity index (χ1n) is 12.4. The first kappa shape index (κ1) is 26.9. The van der Waals surface area contributed by atoms with Crippen molar-refractivity contribution in [2.45, 2.75) is 13.8 Å². The minimum atomic E-state index is -0.531. The van der Waals surface area contributed by atoms with Crippen molar-refractivity contribution in [2.75, 3.05) is 39.5 Å². The highest BCUT2D eigenvalue weighted by Crippen LogP contribution is 2.26. The fourth-order valence-electron chi connectivity index (χ4n) is 3.91. The van der Waals surface area contributed by atoms with Crippen LogP contribution in [0.5, 0.6) is 11.5 Å². The number of carbonyl (C=O) groups is 1. The van der Waals surface area contributed by atoms with Crippen molar-refractivity contribution in [1.29, 1.82) is 0 Å². The Morgan fingerprint density at radius 2 is 1.71 bits per heavy atom. The Balaban J connectivity index is 1.46. The van der Waals surface area contributed by atoms with Crippen molar-refractivity contribution in [3.05, 3.63) is 101 Å². The Hall–Kier alpha value is -4.12. The van der Waals surface area contributed by atoms with Crippen molar-refractivity contribution in [2.24, 2.45) is 0 Å². The molecule has 7 heteroatoms. The van der Waals surface area contributed by atoms with Gasteiger partial charge in [-0.3, -0.25) is 14.7 Å². The standard InChI is InChI=1S/C31H30FNO5/c1-23-22-29(13-14-31(23)38-37-24(2)34)36-19-15-30(27-9-11-28(32)12-10-27)26-7-5-25(6-8-26)4-3-16-33-17-20-35-21-18-33/h5-15,22H,16-21H2,1-2H3. The third kappa shape index (κ3) is 7.94. The van der Waals surface area contributed by atoms with Gasteiger partial charge in [-0.1, -0.05) is 36.1 Å². The van der Waals surface area contributed by atoms with Crippen LogP contribution in [0.4, 0.5) is 4.39 Å². The second-order valence-electron chi connectivity index (χ2n) is 8.79. The number of benzene rings is 3. The fourth-order valence-corrected chi connectivity index (χ4v) is 3.91. The molecular weight excluding hydrogens is 485 g/mol. The molecule has 0 N–H and O–H groups in total. The summed E-state index contributed by atoms with van der Waals surface area (Å²) in [7, 11) is 0. The quantitative estimate of drug-likeness (QED) is 0.234. The first-order valence-corrected chi connectivity index (χ1v) is 12.4. The summed E-state index contributed by atoms with van der Waals surface area (Å²) in [5.41, 5.74) is 4.46. The van der Waals surface area contributed by atoms with Crippen LogP contribution in [0, 0.1) is 24.6 Å². The molecule has 3 aromatic carbocycles. The van der Waals surface area contributed by atoms with Gasteiger partial charge in [0.25, 0.3) is 0 Å². The average Bonchev–Trinajstić information content (AvgIpc) is 2.92. The normalized spacial score (nSPS) is 13.8. The summed E-state index contributed by atoms with van der Waals surface area (Å²) in [6.45, 7) is 7.45. The highest BCUT2D eigenvalue weighted by atomic mass is 19.1. The molecule has 1 heterocycles. The van der Waals surface area contributed by atoms with Crippen molar-refractivity contribution in [1.82, 2.24) is 4.90 Å². The van der Waals surface area contributed by atoms with E-state index in [9.17, 15) is 9.18 Å². The lowest BCUT2D eigenvalue weighted by molar-refractivity contribution is -0.211. The molecule has 1 aliphatic rings. The van der Waals surface area contributed by atoms with E-state index in [1.165, 1.54) is 19.1 Å². The van der Waals surface area contributed by atoms with E-state index in [-0.39, 0.29) is 12.4 Å². The van der Waals surface area contributed by atoms with E-state index in [4.69, 9.17) is 14.4 Å². The fraction of sp³-hybridized carbons (Fsp3) is 0.258. The number of aryl methyl sites for hydroxylation is 1. The Labute approximate surface area is 222 Å². The lowest BCUT2D eigenvalue weighted by Crippen LogP contribution is -2.36. The van der Waals surface area contributed by atoms with E-state index in [0.29, 0.717) is 11.5 Å². The van der Waals surface area contributed by atoms with Crippen molar-refractivity contribution < 1.29 is 28.4 Å². The summed E-state index contributed by atoms with van der Waals surface area (Å²) >= 11 is 0. The molecule has 0 bridgehead atoms. The van der Waals surface area contributed by atoms with E-state index in [2.05, 4.69) is 21.6 Å². The maximum atomic E-state index is 13.6. The Morgan fingerprint density at radius 1 is 1.03 bits per heavy atom. The van der Waals surface area contributed by atoms with E-state index >= 15 is 0 Å². The van der Waals surface area contributed by atoms with Crippen molar-refractivity contribution in [3.63, 3.8) is 0 Å². The molecule has 196 valence electrons. The van der Waals surface area contributed by atoms with E-state index in [1.54, 1.807) is 30.3 Å². The first-order chi connectivity index (χ1) is 18.5. The van der Waals surface area contributed by atoms with Crippen LogP contribution in [-0.4, -0.2) is 50.3 Å². The van der Waals surface area contributed by atoms with Crippen LogP contribution in [0.2, 0.25) is 0 Å². The average molecular weight is 516 g/mol. The lowest BCUT2D eigenvalue weighted by Gasteiger charge is -2.24. The topological polar surface area (TPSA) is 57.2 Å². The Morgan fingerprint density at radius 3 is 2.37 bits per heavy atom. The van der Waals surface area contributed by atoms with Gasteiger partial charge >= 0.3 is 5.97 Å². The predicted octanol–water partition coefficient (Wildman–Crippen LogP) is 5.19. The highest BCUT2D eigenvalue weighted by Gasteiger charge is 2.09. The zero-order valence-corrected chi connectivity index (χ0v) is 21.5. The van der Waals surface area contributed by atoms with Gasteiger partial charge in [-0.15, -0.1) is 0 Å². The lowest BCUT2D eigenvalue weighted by atomic mass is 9.96. The Kier molecular flexibility index (Phi) is 9.52. The third-order valence-electron chi connectivity index (χ3n) is 5.92. The van der Waals surface area contributed by atoms with Crippen LogP contribution in [0.1, 0.15) is 29.2 Å². The summed E-state index contributed by atoms with van der Waals surface area (Å²) in [6.07, 6.45) is 1.96. The van der Waals surface area contributed by atoms with Gasteiger partial charge in [0, 0.05) is 31.1 Å². The number of morpholine rings is 1. The van der Waals surface area contributed by atoms with Crippen LogP contribution in [0.25, 0.3) is 5.57 Å². The second kappa shape index (κ2) is 13.4. The molecule has 0 radical (unpaired) electrons. The molecule has 1 fully saturated rings. The molecule has 0 saturated carbocycles. The van der Waals surface area contributed by atoms with Crippen molar-refractivity contribution >= 4 is 11.5 Å². The molecule has 1 saturated heterocycles. The summed E-state index contributed by atoms with van der Waals surface area (Å²) in [5.74, 6) is 6.72. The smallest absolute Gasteiger partial charge is 0.352 e. The summed E-state index contributed by atoms with van der Waals surface area (Å²) in [4.78, 5) is 22.9. The number of halogens is 1. The zero-order chi connectivity index (χ0) is 26.7. The van der Waals surface area contributed by atoms with E-state index in [0.717, 1.165) is 60.7 Å². The third-order valence-corrected chi connectivity index (χ3v) is 5.92. The maximum Gasteiger partial charge on any atom is 0.352 e. The number of hydrogen-bond donors (Lipinski definition) is 0. The molecule has 0 spiro atoms. The number of nitrogens with zero attached hydrogens (tertiary/aromatic N) is 1. The molecule has 3 aromatic rings. The molecule has 0 aromatic heterocycles. The molecule has 6 nitrogen and oxygen atoms in total. The molecule has 0 unspecified atom stereocenters. The zero-order valence-electron chi connectivity index (χ0n) is 21.5. The van der Waals surface area contributed by atoms with Crippen LogP contribution in [-0.2, 0) is 14.4 Å². The second-order valence-corrected chi connectivity index (χ2v) is 8.79. The highest BCUT2D eigenvalue weighted by molar-refractivity contribution is 5.80. The molecular formula is C31H30FNO5.